The van der Waals surface area contributed by atoms with Crippen molar-refractivity contribution >= 4 is 39.3 Å². The fourth-order valence-corrected chi connectivity index (χ4v) is 3.29. The van der Waals surface area contributed by atoms with Gasteiger partial charge in [0.05, 0.1) is 11.4 Å². The van der Waals surface area contributed by atoms with Crippen LogP contribution in [-0.4, -0.2) is 31.9 Å². The number of carbonyl (C=O) groups excluding carboxylic acids is 1. The highest BCUT2D eigenvalue weighted by atomic mass is 79.9. The number of aromatic nitrogens is 4. The normalized spacial score (nSPS) is 10.7. The number of tetrazole rings is 1. The van der Waals surface area contributed by atoms with Gasteiger partial charge in [0.25, 0.3) is 0 Å². The maximum absolute atomic E-state index is 13.4. The Morgan fingerprint density at radius 1 is 1.32 bits per heavy atom. The maximum Gasteiger partial charge on any atom is 0.234 e. The minimum Gasteiger partial charge on any atom is -0.325 e. The predicted octanol–water partition coefficient (Wildman–Crippen LogP) is 3.60. The van der Waals surface area contributed by atoms with Crippen LogP contribution in [0.5, 0.6) is 0 Å². The lowest BCUT2D eigenvalue weighted by atomic mass is 10.2. The van der Waals surface area contributed by atoms with Gasteiger partial charge in [-0.2, -0.15) is 4.68 Å². The summed E-state index contributed by atoms with van der Waals surface area (Å²) in [6.45, 7) is 1.91. The molecule has 0 aliphatic rings. The molecule has 0 fully saturated rings. The molecule has 25 heavy (non-hydrogen) atoms. The van der Waals surface area contributed by atoms with Gasteiger partial charge >= 0.3 is 0 Å². The van der Waals surface area contributed by atoms with Gasteiger partial charge in [-0.1, -0.05) is 33.8 Å². The van der Waals surface area contributed by atoms with E-state index in [0.717, 1.165) is 15.7 Å². The van der Waals surface area contributed by atoms with Gasteiger partial charge in [-0.05, 0) is 59.3 Å². The molecule has 2 aromatic carbocycles. The summed E-state index contributed by atoms with van der Waals surface area (Å²) in [7, 11) is 0. The molecule has 0 saturated carbocycles. The second-order valence-corrected chi connectivity index (χ2v) is 7.01. The lowest BCUT2D eigenvalue weighted by molar-refractivity contribution is -0.113. The lowest BCUT2D eigenvalue weighted by Crippen LogP contribution is -2.15. The third kappa shape index (κ3) is 4.43. The molecule has 1 N–H and O–H groups in total. The van der Waals surface area contributed by atoms with Crippen LogP contribution >= 0.6 is 27.7 Å². The molecule has 0 aliphatic carbocycles. The number of nitrogens with one attached hydrogen (secondary N) is 1. The summed E-state index contributed by atoms with van der Waals surface area (Å²) < 4.78 is 15.7. The summed E-state index contributed by atoms with van der Waals surface area (Å²) in [4.78, 5) is 12.2. The van der Waals surface area contributed by atoms with E-state index in [2.05, 4.69) is 36.8 Å². The third-order valence-corrected chi connectivity index (χ3v) is 4.70. The van der Waals surface area contributed by atoms with Crippen LogP contribution in [0.15, 0.2) is 52.1 Å². The molecular weight excluding hydrogens is 409 g/mol. The minimum atomic E-state index is -0.382. The van der Waals surface area contributed by atoms with Crippen LogP contribution in [0.3, 0.4) is 0 Å². The third-order valence-electron chi connectivity index (χ3n) is 3.29. The monoisotopic (exact) mass is 421 g/mol. The molecule has 128 valence electrons. The van der Waals surface area contributed by atoms with Crippen molar-refractivity contribution < 1.29 is 9.18 Å². The Hall–Kier alpha value is -2.26. The summed E-state index contributed by atoms with van der Waals surface area (Å²) in [6, 6.07) is 11.5. The van der Waals surface area contributed by atoms with Crippen molar-refractivity contribution in [1.29, 1.82) is 0 Å². The second-order valence-electron chi connectivity index (χ2n) is 5.15. The molecule has 0 radical (unpaired) electrons. The Morgan fingerprint density at radius 3 is 2.92 bits per heavy atom. The van der Waals surface area contributed by atoms with Gasteiger partial charge in [-0.3, -0.25) is 4.79 Å². The number of halogens is 2. The van der Waals surface area contributed by atoms with Crippen molar-refractivity contribution in [2.45, 2.75) is 12.1 Å². The first-order valence-corrected chi connectivity index (χ1v) is 9.04. The van der Waals surface area contributed by atoms with E-state index in [1.165, 1.54) is 28.6 Å². The fourth-order valence-electron chi connectivity index (χ4n) is 2.12. The van der Waals surface area contributed by atoms with Crippen molar-refractivity contribution in [3.8, 4) is 5.69 Å². The number of nitrogens with zero attached hydrogens (tertiary/aromatic N) is 4. The van der Waals surface area contributed by atoms with E-state index in [1.54, 1.807) is 12.1 Å². The summed E-state index contributed by atoms with van der Waals surface area (Å²) in [5.41, 5.74) is 2.20. The molecule has 1 amide bonds. The van der Waals surface area contributed by atoms with Gasteiger partial charge in [-0.15, -0.1) is 5.10 Å². The van der Waals surface area contributed by atoms with Crippen LogP contribution in [0.4, 0.5) is 10.1 Å². The summed E-state index contributed by atoms with van der Waals surface area (Å²) in [5, 5.41) is 14.6. The molecule has 0 atom stereocenters. The first-order valence-electron chi connectivity index (χ1n) is 7.26. The van der Waals surface area contributed by atoms with Crippen molar-refractivity contribution in [3.05, 3.63) is 58.3 Å². The number of hydrogen-bond donors (Lipinski definition) is 1. The highest BCUT2D eigenvalue weighted by Gasteiger charge is 2.12. The summed E-state index contributed by atoms with van der Waals surface area (Å²) >= 11 is 4.56. The van der Waals surface area contributed by atoms with Crippen molar-refractivity contribution in [3.63, 3.8) is 0 Å². The minimum absolute atomic E-state index is 0.130. The van der Waals surface area contributed by atoms with Gasteiger partial charge in [0, 0.05) is 10.2 Å². The number of thioether (sulfide) groups is 1. The van der Waals surface area contributed by atoms with Crippen LogP contribution in [0, 0.1) is 12.7 Å². The number of aryl methyl sites for hydroxylation is 1. The molecule has 3 rings (SSSR count). The van der Waals surface area contributed by atoms with Crippen LogP contribution in [0.1, 0.15) is 5.56 Å². The van der Waals surface area contributed by atoms with Crippen LogP contribution in [-0.2, 0) is 4.79 Å². The smallest absolute Gasteiger partial charge is 0.234 e. The number of benzene rings is 2. The number of anilines is 1. The zero-order valence-corrected chi connectivity index (χ0v) is 15.5. The van der Waals surface area contributed by atoms with Crippen LogP contribution in [0.25, 0.3) is 5.69 Å². The molecule has 0 saturated heterocycles. The first kappa shape index (κ1) is 17.6. The Kier molecular flexibility index (Phi) is 5.44. The standard InChI is InChI=1S/C16H13BrFN5OS/c1-10-7-11(17)5-6-14(10)19-15(24)9-25-16-20-21-22-23(16)13-4-2-3-12(18)8-13/h2-8H,9H2,1H3,(H,19,24). The zero-order chi connectivity index (χ0) is 17.8. The van der Waals surface area contributed by atoms with Gasteiger partial charge in [0.15, 0.2) is 0 Å². The molecule has 0 bridgehead atoms. The Balaban J connectivity index is 1.66. The van der Waals surface area contributed by atoms with Crippen molar-refractivity contribution in [1.82, 2.24) is 20.2 Å². The number of carbonyl (C=O) groups is 1. The van der Waals surface area contributed by atoms with E-state index in [1.807, 2.05) is 25.1 Å². The van der Waals surface area contributed by atoms with Crippen molar-refractivity contribution in [2.75, 3.05) is 11.1 Å². The quantitative estimate of drug-likeness (QED) is 0.637. The molecule has 0 unspecified atom stereocenters. The zero-order valence-electron chi connectivity index (χ0n) is 13.1. The largest absolute Gasteiger partial charge is 0.325 e. The van der Waals surface area contributed by atoms with Gasteiger partial charge in [0.1, 0.15) is 5.82 Å². The second kappa shape index (κ2) is 7.75. The van der Waals surface area contributed by atoms with Crippen molar-refractivity contribution in [2.24, 2.45) is 0 Å². The van der Waals surface area contributed by atoms with E-state index < -0.39 is 0 Å². The molecule has 6 nitrogen and oxygen atoms in total. The Morgan fingerprint density at radius 2 is 2.16 bits per heavy atom. The van der Waals surface area contributed by atoms with Gasteiger partial charge in [0.2, 0.25) is 11.1 Å². The summed E-state index contributed by atoms with van der Waals surface area (Å²) in [6.07, 6.45) is 0. The number of rotatable bonds is 5. The highest BCUT2D eigenvalue weighted by Crippen LogP contribution is 2.22. The molecule has 1 aromatic heterocycles. The molecule has 1 heterocycles. The SMILES string of the molecule is Cc1cc(Br)ccc1NC(=O)CSc1nnnn1-c1cccc(F)c1. The maximum atomic E-state index is 13.4. The van der Waals surface area contributed by atoms with Crippen LogP contribution in [0.2, 0.25) is 0 Å². The molecule has 3 aromatic rings. The highest BCUT2D eigenvalue weighted by molar-refractivity contribution is 9.10. The van der Waals surface area contributed by atoms with Gasteiger partial charge < -0.3 is 5.32 Å². The van der Waals surface area contributed by atoms with Gasteiger partial charge in [-0.25, -0.2) is 4.39 Å². The number of amides is 1. The fraction of sp³-hybridized carbons (Fsp3) is 0.125. The van der Waals surface area contributed by atoms with E-state index in [0.29, 0.717) is 10.8 Å². The Bertz CT molecular complexity index is 917. The molecule has 0 spiro atoms. The molecule has 9 heteroatoms. The molecular formula is C16H13BrFN5OS. The predicted molar refractivity (Wildman–Crippen MR) is 97.3 cm³/mol. The first-order chi connectivity index (χ1) is 12.0. The van der Waals surface area contributed by atoms with Crippen LogP contribution < -0.4 is 5.32 Å². The topological polar surface area (TPSA) is 72.7 Å². The van der Waals surface area contributed by atoms with E-state index in [9.17, 15) is 9.18 Å². The Labute approximate surface area is 155 Å². The average molecular weight is 422 g/mol. The average Bonchev–Trinajstić information content (AvgIpc) is 3.04. The number of hydrogen-bond acceptors (Lipinski definition) is 5. The van der Waals surface area contributed by atoms with E-state index in [-0.39, 0.29) is 17.5 Å². The van der Waals surface area contributed by atoms with E-state index in [4.69, 9.17) is 0 Å². The van der Waals surface area contributed by atoms with E-state index >= 15 is 0 Å². The summed E-state index contributed by atoms with van der Waals surface area (Å²) in [5.74, 6) is -0.429. The lowest BCUT2D eigenvalue weighted by Gasteiger charge is -2.08. The molecule has 0 aliphatic heterocycles.